The molecule has 0 bridgehead atoms. The lowest BCUT2D eigenvalue weighted by atomic mass is 9.98. The molecule has 1 atom stereocenters. The number of benzene rings is 1. The van der Waals surface area contributed by atoms with Crippen molar-refractivity contribution in [2.24, 2.45) is 5.92 Å². The van der Waals surface area contributed by atoms with Gasteiger partial charge in [0.15, 0.2) is 6.39 Å². The normalized spacial score (nSPS) is 13.1. The molecule has 0 aliphatic carbocycles. The fourth-order valence-electron chi connectivity index (χ4n) is 2.66. The van der Waals surface area contributed by atoms with E-state index in [1.807, 2.05) is 18.2 Å². The number of furan rings is 1. The molecule has 1 aromatic carbocycles. The first-order chi connectivity index (χ1) is 10.2. The van der Waals surface area contributed by atoms with Crippen LogP contribution in [0.1, 0.15) is 36.9 Å². The van der Waals surface area contributed by atoms with Gasteiger partial charge in [0.1, 0.15) is 17.6 Å². The molecule has 4 heteroatoms. The number of aryl methyl sites for hydroxylation is 1. The maximum absolute atomic E-state index is 6.09. The second-order valence-electron chi connectivity index (χ2n) is 5.67. The van der Waals surface area contributed by atoms with Crippen molar-refractivity contribution in [3.8, 4) is 0 Å². The average molecular weight is 284 g/mol. The second kappa shape index (κ2) is 5.74. The number of aromatic nitrogens is 1. The number of hydrogen-bond donors (Lipinski definition) is 1. The molecule has 3 aromatic rings. The minimum absolute atomic E-state index is 0.147. The number of rotatable bonds is 5. The summed E-state index contributed by atoms with van der Waals surface area (Å²) in [5, 5.41) is 4.71. The van der Waals surface area contributed by atoms with E-state index >= 15 is 0 Å². The molecule has 2 aromatic heterocycles. The zero-order chi connectivity index (χ0) is 14.8. The highest BCUT2D eigenvalue weighted by atomic mass is 16.3. The van der Waals surface area contributed by atoms with Gasteiger partial charge in [-0.15, -0.1) is 0 Å². The zero-order valence-electron chi connectivity index (χ0n) is 12.6. The van der Waals surface area contributed by atoms with E-state index in [0.717, 1.165) is 17.0 Å². The highest BCUT2D eigenvalue weighted by molar-refractivity contribution is 5.82. The first-order valence-electron chi connectivity index (χ1n) is 7.25. The van der Waals surface area contributed by atoms with Crippen molar-refractivity contribution < 1.29 is 8.83 Å². The number of oxazole rings is 1. The summed E-state index contributed by atoms with van der Waals surface area (Å²) in [6, 6.07) is 8.31. The highest BCUT2D eigenvalue weighted by Gasteiger charge is 2.23. The van der Waals surface area contributed by atoms with Crippen LogP contribution in [-0.2, 0) is 6.54 Å². The summed E-state index contributed by atoms with van der Waals surface area (Å²) in [4.78, 5) is 4.15. The van der Waals surface area contributed by atoms with Crippen molar-refractivity contribution in [1.29, 1.82) is 0 Å². The molecule has 3 rings (SSSR count). The van der Waals surface area contributed by atoms with E-state index in [0.29, 0.717) is 12.5 Å². The first-order valence-corrected chi connectivity index (χ1v) is 7.25. The third-order valence-electron chi connectivity index (χ3n) is 3.82. The van der Waals surface area contributed by atoms with Crippen molar-refractivity contribution in [3.05, 3.63) is 53.9 Å². The minimum atomic E-state index is 0.147. The Morgan fingerprint density at radius 1 is 1.24 bits per heavy atom. The number of para-hydroxylation sites is 1. The predicted octanol–water partition coefficient (Wildman–Crippen LogP) is 4.22. The van der Waals surface area contributed by atoms with E-state index in [1.54, 1.807) is 6.26 Å². The molecule has 21 heavy (non-hydrogen) atoms. The van der Waals surface area contributed by atoms with E-state index in [9.17, 15) is 0 Å². The van der Waals surface area contributed by atoms with Crippen LogP contribution in [0.2, 0.25) is 0 Å². The molecule has 1 unspecified atom stereocenters. The fraction of sp³-hybridized carbons (Fsp3) is 0.353. The zero-order valence-corrected chi connectivity index (χ0v) is 12.6. The summed E-state index contributed by atoms with van der Waals surface area (Å²) in [6.07, 6.45) is 3.11. The van der Waals surface area contributed by atoms with E-state index in [2.05, 4.69) is 37.1 Å². The van der Waals surface area contributed by atoms with E-state index in [1.165, 1.54) is 17.3 Å². The SMILES string of the molecule is Cc1c(C(NCc2cocn2)C(C)C)oc2ccccc12. The standard InChI is InChI=1S/C17H20N2O2/c1-11(2)16(18-8-13-9-20-10-19-13)17-12(3)14-6-4-5-7-15(14)21-17/h4-7,9-11,16,18H,8H2,1-3H3. The molecule has 0 saturated heterocycles. The molecule has 0 aliphatic heterocycles. The third-order valence-corrected chi connectivity index (χ3v) is 3.82. The molecule has 4 nitrogen and oxygen atoms in total. The molecular formula is C17H20N2O2. The molecule has 0 radical (unpaired) electrons. The van der Waals surface area contributed by atoms with Gasteiger partial charge in [-0.1, -0.05) is 32.0 Å². The van der Waals surface area contributed by atoms with Crippen LogP contribution in [0, 0.1) is 12.8 Å². The summed E-state index contributed by atoms with van der Waals surface area (Å²) >= 11 is 0. The van der Waals surface area contributed by atoms with Crippen molar-refractivity contribution in [2.45, 2.75) is 33.4 Å². The maximum Gasteiger partial charge on any atom is 0.180 e. The van der Waals surface area contributed by atoms with Crippen LogP contribution in [-0.4, -0.2) is 4.98 Å². The van der Waals surface area contributed by atoms with Gasteiger partial charge < -0.3 is 14.2 Å². The van der Waals surface area contributed by atoms with Crippen LogP contribution in [0.3, 0.4) is 0 Å². The monoisotopic (exact) mass is 284 g/mol. The van der Waals surface area contributed by atoms with Gasteiger partial charge in [-0.2, -0.15) is 0 Å². The van der Waals surface area contributed by atoms with Gasteiger partial charge in [0, 0.05) is 11.9 Å². The van der Waals surface area contributed by atoms with Gasteiger partial charge in [0.25, 0.3) is 0 Å². The third kappa shape index (κ3) is 2.72. The quantitative estimate of drug-likeness (QED) is 0.762. The molecule has 1 N–H and O–H groups in total. The Hall–Kier alpha value is -2.07. The Kier molecular flexibility index (Phi) is 3.80. The van der Waals surface area contributed by atoms with Crippen LogP contribution in [0.4, 0.5) is 0 Å². The Morgan fingerprint density at radius 2 is 2.05 bits per heavy atom. The Bertz CT molecular complexity index is 714. The van der Waals surface area contributed by atoms with Gasteiger partial charge in [-0.25, -0.2) is 4.98 Å². The van der Waals surface area contributed by atoms with E-state index < -0.39 is 0 Å². The lowest BCUT2D eigenvalue weighted by molar-refractivity contribution is 0.345. The molecule has 0 spiro atoms. The topological polar surface area (TPSA) is 51.2 Å². The van der Waals surface area contributed by atoms with Crippen LogP contribution < -0.4 is 5.32 Å². The molecule has 0 fully saturated rings. The molecule has 110 valence electrons. The molecule has 0 saturated carbocycles. The number of nitrogens with zero attached hydrogens (tertiary/aromatic N) is 1. The van der Waals surface area contributed by atoms with Crippen molar-refractivity contribution in [1.82, 2.24) is 10.3 Å². The van der Waals surface area contributed by atoms with Crippen LogP contribution in [0.5, 0.6) is 0 Å². The van der Waals surface area contributed by atoms with Crippen LogP contribution in [0.15, 0.2) is 45.8 Å². The lowest BCUT2D eigenvalue weighted by Crippen LogP contribution is -2.25. The van der Waals surface area contributed by atoms with E-state index in [-0.39, 0.29) is 6.04 Å². The average Bonchev–Trinajstić information content (AvgIpc) is 3.09. The van der Waals surface area contributed by atoms with Crippen molar-refractivity contribution in [2.75, 3.05) is 0 Å². The Balaban J connectivity index is 1.90. The smallest absolute Gasteiger partial charge is 0.180 e. The number of fused-ring (bicyclic) bond motifs is 1. The summed E-state index contributed by atoms with van der Waals surface area (Å²) < 4.78 is 11.1. The van der Waals surface area contributed by atoms with Gasteiger partial charge in [-0.05, 0) is 24.5 Å². The maximum atomic E-state index is 6.09. The van der Waals surface area contributed by atoms with Gasteiger partial charge in [-0.3, -0.25) is 0 Å². The minimum Gasteiger partial charge on any atom is -0.459 e. The predicted molar refractivity (Wildman–Crippen MR) is 81.9 cm³/mol. The fourth-order valence-corrected chi connectivity index (χ4v) is 2.66. The molecule has 2 heterocycles. The van der Waals surface area contributed by atoms with Gasteiger partial charge in [0.2, 0.25) is 0 Å². The molecular weight excluding hydrogens is 264 g/mol. The summed E-state index contributed by atoms with van der Waals surface area (Å²) in [6.45, 7) is 7.16. The number of nitrogens with one attached hydrogen (secondary N) is 1. The lowest BCUT2D eigenvalue weighted by Gasteiger charge is -2.20. The summed E-state index contributed by atoms with van der Waals surface area (Å²) in [5.41, 5.74) is 3.05. The summed E-state index contributed by atoms with van der Waals surface area (Å²) in [7, 11) is 0. The summed E-state index contributed by atoms with van der Waals surface area (Å²) in [5.74, 6) is 1.42. The van der Waals surface area contributed by atoms with Crippen LogP contribution in [0.25, 0.3) is 11.0 Å². The first kappa shape index (κ1) is 13.9. The van der Waals surface area contributed by atoms with Crippen molar-refractivity contribution >= 4 is 11.0 Å². The van der Waals surface area contributed by atoms with Crippen molar-refractivity contribution in [3.63, 3.8) is 0 Å². The van der Waals surface area contributed by atoms with Crippen LogP contribution >= 0.6 is 0 Å². The van der Waals surface area contributed by atoms with Gasteiger partial charge >= 0.3 is 0 Å². The Labute approximate surface area is 124 Å². The highest BCUT2D eigenvalue weighted by Crippen LogP contribution is 2.32. The van der Waals surface area contributed by atoms with Gasteiger partial charge in [0.05, 0.1) is 11.7 Å². The molecule has 0 amide bonds. The number of hydrogen-bond acceptors (Lipinski definition) is 4. The van der Waals surface area contributed by atoms with E-state index in [4.69, 9.17) is 8.83 Å². The molecule has 0 aliphatic rings. The second-order valence-corrected chi connectivity index (χ2v) is 5.67. The Morgan fingerprint density at radius 3 is 2.71 bits per heavy atom. The largest absolute Gasteiger partial charge is 0.459 e.